The van der Waals surface area contributed by atoms with Crippen molar-refractivity contribution in [2.75, 3.05) is 36.0 Å². The minimum atomic E-state index is -0.759. The molecule has 0 radical (unpaired) electrons. The molecule has 3 heterocycles. The summed E-state index contributed by atoms with van der Waals surface area (Å²) in [5, 5.41) is 0. The number of anilines is 2. The second-order valence-corrected chi connectivity index (χ2v) is 9.60. The van der Waals surface area contributed by atoms with Crippen molar-refractivity contribution in [2.45, 2.75) is 26.1 Å². The molecule has 1 fully saturated rings. The van der Waals surface area contributed by atoms with E-state index in [0.717, 1.165) is 28.1 Å². The third kappa shape index (κ3) is 5.33. The molecule has 4 aromatic rings. The lowest BCUT2D eigenvalue weighted by Crippen LogP contribution is -2.52. The highest BCUT2D eigenvalue weighted by atomic mass is 19.1. The lowest BCUT2D eigenvalue weighted by molar-refractivity contribution is 0.489. The van der Waals surface area contributed by atoms with Gasteiger partial charge in [0.05, 0.1) is 13.1 Å². The van der Waals surface area contributed by atoms with Crippen LogP contribution in [0.4, 0.5) is 20.3 Å². The van der Waals surface area contributed by atoms with Gasteiger partial charge in [-0.25, -0.2) is 18.6 Å². The van der Waals surface area contributed by atoms with Crippen LogP contribution in [0.15, 0.2) is 82.5 Å². The van der Waals surface area contributed by atoms with Crippen LogP contribution in [0.25, 0.3) is 0 Å². The van der Waals surface area contributed by atoms with E-state index in [1.54, 1.807) is 13.1 Å². The maximum absolute atomic E-state index is 14.6. The van der Waals surface area contributed by atoms with Crippen molar-refractivity contribution in [3.63, 3.8) is 0 Å². The average molecular weight is 533 g/mol. The lowest BCUT2D eigenvalue weighted by atomic mass is 10.1. The Hall–Kier alpha value is -4.31. The predicted octanol–water partition coefficient (Wildman–Crippen LogP) is 3.07. The molecule has 2 aromatic carbocycles. The molecule has 1 aliphatic rings. The molecule has 5 rings (SSSR count). The van der Waals surface area contributed by atoms with Crippen molar-refractivity contribution in [3.05, 3.63) is 122 Å². The van der Waals surface area contributed by atoms with Crippen molar-refractivity contribution >= 4 is 11.5 Å². The Morgan fingerprint density at radius 2 is 1.49 bits per heavy atom. The molecular formula is C29H30F2N6O2. The molecule has 2 N–H and O–H groups in total. The number of aromatic nitrogens is 3. The quantitative estimate of drug-likeness (QED) is 0.394. The number of piperazine rings is 1. The van der Waals surface area contributed by atoms with E-state index in [1.165, 1.54) is 10.6 Å². The van der Waals surface area contributed by atoms with E-state index in [4.69, 9.17) is 5.73 Å². The van der Waals surface area contributed by atoms with Gasteiger partial charge in [-0.3, -0.25) is 13.9 Å². The molecule has 1 aliphatic heterocycles. The summed E-state index contributed by atoms with van der Waals surface area (Å²) in [4.78, 5) is 36.0. The SMILES string of the molecule is Cc1c(N2CCN(c3ccccn3)CC2)c(=O)n(CC(N)c2ccccc2)c(=O)n1Cc1c(F)cccc1F. The number of pyridine rings is 1. The minimum absolute atomic E-state index is 0.0807. The standard InChI is InChI=1S/C29H30F2N6O2/c1-20-27(35-16-14-34(15-17-35)26-12-5-6-13-33-26)28(38)37(19-25(32)21-8-3-2-4-9-21)29(39)36(20)18-22-23(30)10-7-11-24(22)31/h2-13,25H,14-19,32H2,1H3. The Kier molecular flexibility index (Phi) is 7.56. The normalized spacial score (nSPS) is 14.5. The van der Waals surface area contributed by atoms with Gasteiger partial charge in [-0.05, 0) is 36.8 Å². The number of nitrogens with two attached hydrogens (primary N) is 1. The van der Waals surface area contributed by atoms with Gasteiger partial charge in [0.15, 0.2) is 0 Å². The van der Waals surface area contributed by atoms with Crippen molar-refractivity contribution in [3.8, 4) is 0 Å². The Bertz CT molecular complexity index is 1540. The van der Waals surface area contributed by atoms with E-state index >= 15 is 0 Å². The van der Waals surface area contributed by atoms with Crippen LogP contribution < -0.4 is 26.8 Å². The first-order chi connectivity index (χ1) is 18.8. The smallest absolute Gasteiger partial charge is 0.331 e. The number of benzene rings is 2. The molecule has 8 nitrogen and oxygen atoms in total. The lowest BCUT2D eigenvalue weighted by Gasteiger charge is -2.37. The van der Waals surface area contributed by atoms with Crippen LogP contribution in [0.1, 0.15) is 22.9 Å². The van der Waals surface area contributed by atoms with Crippen LogP contribution in [-0.4, -0.2) is 40.3 Å². The highest BCUT2D eigenvalue weighted by Gasteiger charge is 2.27. The van der Waals surface area contributed by atoms with E-state index in [1.807, 2.05) is 53.4 Å². The summed E-state index contributed by atoms with van der Waals surface area (Å²) >= 11 is 0. The Balaban J connectivity index is 1.55. The third-order valence-corrected chi connectivity index (χ3v) is 7.21. The summed E-state index contributed by atoms with van der Waals surface area (Å²) in [6.07, 6.45) is 1.73. The Labute approximate surface area is 224 Å². The summed E-state index contributed by atoms with van der Waals surface area (Å²) in [5.74, 6) is -0.670. The summed E-state index contributed by atoms with van der Waals surface area (Å²) in [5.41, 5.74) is 6.47. The van der Waals surface area contributed by atoms with Crippen molar-refractivity contribution in [2.24, 2.45) is 5.73 Å². The summed E-state index contributed by atoms with van der Waals surface area (Å²) in [6.45, 7) is 3.44. The third-order valence-electron chi connectivity index (χ3n) is 7.21. The fraction of sp³-hybridized carbons (Fsp3) is 0.276. The molecule has 0 saturated carbocycles. The van der Waals surface area contributed by atoms with Crippen molar-refractivity contribution in [1.82, 2.24) is 14.1 Å². The number of hydrogen-bond donors (Lipinski definition) is 1. The molecule has 1 unspecified atom stereocenters. The van der Waals surface area contributed by atoms with Gasteiger partial charge < -0.3 is 15.5 Å². The monoisotopic (exact) mass is 532 g/mol. The first-order valence-corrected chi connectivity index (χ1v) is 12.8. The molecule has 0 amide bonds. The van der Waals surface area contributed by atoms with Crippen LogP contribution >= 0.6 is 0 Å². The molecule has 0 bridgehead atoms. The first-order valence-electron chi connectivity index (χ1n) is 12.8. The summed E-state index contributed by atoms with van der Waals surface area (Å²) in [6, 6.07) is 17.8. The second kappa shape index (κ2) is 11.2. The summed E-state index contributed by atoms with van der Waals surface area (Å²) < 4.78 is 31.6. The van der Waals surface area contributed by atoms with E-state index in [0.29, 0.717) is 37.6 Å². The molecule has 2 aromatic heterocycles. The van der Waals surface area contributed by atoms with Crippen molar-refractivity contribution in [1.29, 1.82) is 0 Å². The number of hydrogen-bond acceptors (Lipinski definition) is 6. The second-order valence-electron chi connectivity index (χ2n) is 9.60. The molecule has 39 heavy (non-hydrogen) atoms. The molecule has 0 aliphatic carbocycles. The average Bonchev–Trinajstić information content (AvgIpc) is 2.96. The van der Waals surface area contributed by atoms with Gasteiger partial charge in [-0.1, -0.05) is 42.5 Å². The predicted molar refractivity (Wildman–Crippen MR) is 147 cm³/mol. The maximum atomic E-state index is 14.6. The van der Waals surface area contributed by atoms with Crippen LogP contribution in [0.3, 0.4) is 0 Å². The van der Waals surface area contributed by atoms with Gasteiger partial charge in [0.2, 0.25) is 0 Å². The largest absolute Gasteiger partial charge is 0.362 e. The zero-order valence-corrected chi connectivity index (χ0v) is 21.6. The Morgan fingerprint density at radius 3 is 2.13 bits per heavy atom. The topological polar surface area (TPSA) is 89.4 Å². The molecular weight excluding hydrogens is 502 g/mol. The van der Waals surface area contributed by atoms with E-state index < -0.39 is 28.9 Å². The summed E-state index contributed by atoms with van der Waals surface area (Å²) in [7, 11) is 0. The van der Waals surface area contributed by atoms with E-state index in [2.05, 4.69) is 9.88 Å². The molecule has 202 valence electrons. The van der Waals surface area contributed by atoms with Gasteiger partial charge in [0.1, 0.15) is 23.1 Å². The van der Waals surface area contributed by atoms with Gasteiger partial charge in [0.25, 0.3) is 5.56 Å². The van der Waals surface area contributed by atoms with Gasteiger partial charge >= 0.3 is 5.69 Å². The highest BCUT2D eigenvalue weighted by Crippen LogP contribution is 2.21. The first kappa shape index (κ1) is 26.3. The molecule has 0 spiro atoms. The van der Waals surface area contributed by atoms with E-state index in [9.17, 15) is 18.4 Å². The fourth-order valence-corrected chi connectivity index (χ4v) is 5.04. The Morgan fingerprint density at radius 1 is 0.846 bits per heavy atom. The number of rotatable bonds is 7. The fourth-order valence-electron chi connectivity index (χ4n) is 5.04. The van der Waals surface area contributed by atoms with Gasteiger partial charge in [0, 0.05) is 49.7 Å². The van der Waals surface area contributed by atoms with Gasteiger partial charge in [-0.15, -0.1) is 0 Å². The molecule has 1 saturated heterocycles. The van der Waals surface area contributed by atoms with Crippen LogP contribution in [0, 0.1) is 18.6 Å². The molecule has 1 atom stereocenters. The van der Waals surface area contributed by atoms with Crippen LogP contribution in [0.5, 0.6) is 0 Å². The highest BCUT2D eigenvalue weighted by molar-refractivity contribution is 5.51. The van der Waals surface area contributed by atoms with Gasteiger partial charge in [-0.2, -0.15) is 0 Å². The van der Waals surface area contributed by atoms with Crippen molar-refractivity contribution < 1.29 is 8.78 Å². The van der Waals surface area contributed by atoms with Crippen LogP contribution in [-0.2, 0) is 13.1 Å². The number of halogens is 2. The molecule has 10 heteroatoms. The van der Waals surface area contributed by atoms with Crippen LogP contribution in [0.2, 0.25) is 0 Å². The zero-order valence-electron chi connectivity index (χ0n) is 21.6. The van der Waals surface area contributed by atoms with E-state index in [-0.39, 0.29) is 18.7 Å². The maximum Gasteiger partial charge on any atom is 0.331 e. The number of nitrogens with zero attached hydrogens (tertiary/aromatic N) is 5. The minimum Gasteiger partial charge on any atom is -0.362 e. The zero-order chi connectivity index (χ0) is 27.5.